The van der Waals surface area contributed by atoms with E-state index in [2.05, 4.69) is 0 Å². The average molecular weight is 240 g/mol. The summed E-state index contributed by atoms with van der Waals surface area (Å²) in [6, 6.07) is 0.378. The second kappa shape index (κ2) is 5.12. The molecule has 0 aliphatic heterocycles. The number of aromatic nitrogens is 1. The molecule has 0 fully saturated rings. The van der Waals surface area contributed by atoms with E-state index >= 15 is 0 Å². The maximum atomic E-state index is 13.4. The van der Waals surface area contributed by atoms with Gasteiger partial charge in [-0.2, -0.15) is 0 Å². The van der Waals surface area contributed by atoms with E-state index in [1.165, 1.54) is 13.0 Å². The van der Waals surface area contributed by atoms with Crippen LogP contribution < -0.4 is 11.3 Å². The Kier molecular flexibility index (Phi) is 4.04. The molecule has 0 aliphatic rings. The Hall–Kier alpha value is -1.65. The van der Waals surface area contributed by atoms with Gasteiger partial charge in [0, 0.05) is 12.3 Å². The summed E-state index contributed by atoms with van der Waals surface area (Å²) < 4.78 is 14.5. The van der Waals surface area contributed by atoms with Crippen LogP contribution in [-0.2, 0) is 4.79 Å². The summed E-state index contributed by atoms with van der Waals surface area (Å²) in [7, 11) is 0. The smallest absolute Gasteiger partial charge is 0.251 e. The Morgan fingerprint density at radius 1 is 1.53 bits per heavy atom. The number of primary amides is 1. The second-order valence-corrected chi connectivity index (χ2v) is 4.60. The van der Waals surface area contributed by atoms with E-state index in [0.29, 0.717) is 6.42 Å². The van der Waals surface area contributed by atoms with Gasteiger partial charge >= 0.3 is 0 Å². The van der Waals surface area contributed by atoms with Crippen LogP contribution in [0.15, 0.2) is 17.1 Å². The molecule has 0 saturated heterocycles. The zero-order chi connectivity index (χ0) is 13.2. The standard InChI is InChI=1S/C12H17FN2O2/c1-7(2)4-10(12(14)17)15-6-9(13)8(3)5-11(15)16/h5-7,10H,4H2,1-3H3,(H2,14,17). The molecule has 0 aliphatic carbocycles. The summed E-state index contributed by atoms with van der Waals surface area (Å²) in [6.45, 7) is 5.32. The van der Waals surface area contributed by atoms with Crippen LogP contribution >= 0.6 is 0 Å². The number of halogens is 1. The molecule has 4 nitrogen and oxygen atoms in total. The lowest BCUT2D eigenvalue weighted by Gasteiger charge is -2.18. The molecule has 1 amide bonds. The summed E-state index contributed by atoms with van der Waals surface area (Å²) in [5, 5.41) is 0. The molecular formula is C12H17FN2O2. The van der Waals surface area contributed by atoms with Crippen molar-refractivity contribution in [2.45, 2.75) is 33.2 Å². The Bertz CT molecular complexity index is 480. The number of hydrogen-bond donors (Lipinski definition) is 1. The molecule has 2 N–H and O–H groups in total. The lowest BCUT2D eigenvalue weighted by molar-refractivity contribution is -0.121. The summed E-state index contributed by atoms with van der Waals surface area (Å²) in [4.78, 5) is 23.0. The Morgan fingerprint density at radius 2 is 2.12 bits per heavy atom. The number of rotatable bonds is 4. The highest BCUT2D eigenvalue weighted by molar-refractivity contribution is 5.78. The molecule has 1 aromatic rings. The highest BCUT2D eigenvalue weighted by Crippen LogP contribution is 2.16. The third kappa shape index (κ3) is 3.15. The van der Waals surface area contributed by atoms with Gasteiger partial charge in [-0.25, -0.2) is 4.39 Å². The van der Waals surface area contributed by atoms with Crippen LogP contribution in [0.1, 0.15) is 31.9 Å². The van der Waals surface area contributed by atoms with Gasteiger partial charge in [0.2, 0.25) is 5.91 Å². The number of carbonyl (C=O) groups excluding carboxylic acids is 1. The predicted molar refractivity (Wildman–Crippen MR) is 63.1 cm³/mol. The molecule has 1 heterocycles. The van der Waals surface area contributed by atoms with Crippen molar-refractivity contribution in [1.82, 2.24) is 4.57 Å². The Balaban J connectivity index is 3.24. The van der Waals surface area contributed by atoms with Crippen molar-refractivity contribution in [2.24, 2.45) is 11.7 Å². The average Bonchev–Trinajstić information content (AvgIpc) is 2.20. The fourth-order valence-corrected chi connectivity index (χ4v) is 1.67. The molecule has 1 rings (SSSR count). The van der Waals surface area contributed by atoms with E-state index in [1.54, 1.807) is 0 Å². The lowest BCUT2D eigenvalue weighted by Crippen LogP contribution is -2.34. The monoisotopic (exact) mass is 240 g/mol. The molecule has 1 atom stereocenters. The van der Waals surface area contributed by atoms with E-state index < -0.39 is 23.3 Å². The normalized spacial score (nSPS) is 12.8. The van der Waals surface area contributed by atoms with Crippen LogP contribution in [0.4, 0.5) is 4.39 Å². The van der Waals surface area contributed by atoms with Crippen LogP contribution in [0.2, 0.25) is 0 Å². The van der Waals surface area contributed by atoms with Crippen molar-refractivity contribution in [2.75, 3.05) is 0 Å². The van der Waals surface area contributed by atoms with Gasteiger partial charge in [0.1, 0.15) is 11.9 Å². The summed E-state index contributed by atoms with van der Waals surface area (Å²) in [5.74, 6) is -0.951. The van der Waals surface area contributed by atoms with Gasteiger partial charge in [-0.1, -0.05) is 13.8 Å². The van der Waals surface area contributed by atoms with Gasteiger partial charge in [-0.3, -0.25) is 9.59 Å². The van der Waals surface area contributed by atoms with Crippen LogP contribution in [0.25, 0.3) is 0 Å². The van der Waals surface area contributed by atoms with Crippen molar-refractivity contribution in [3.05, 3.63) is 34.0 Å². The highest BCUT2D eigenvalue weighted by Gasteiger charge is 2.20. The van der Waals surface area contributed by atoms with Crippen molar-refractivity contribution in [3.8, 4) is 0 Å². The third-order valence-electron chi connectivity index (χ3n) is 2.58. The highest BCUT2D eigenvalue weighted by atomic mass is 19.1. The second-order valence-electron chi connectivity index (χ2n) is 4.60. The first kappa shape index (κ1) is 13.4. The molecule has 94 valence electrons. The van der Waals surface area contributed by atoms with Gasteiger partial charge in [0.05, 0.1) is 0 Å². The Labute approximate surface area is 99.2 Å². The fourth-order valence-electron chi connectivity index (χ4n) is 1.67. The van der Waals surface area contributed by atoms with E-state index in [1.807, 2.05) is 13.8 Å². The molecule has 0 radical (unpaired) electrons. The predicted octanol–water partition coefficient (Wildman–Crippen LogP) is 1.37. The number of nitrogens with two attached hydrogens (primary N) is 1. The SMILES string of the molecule is Cc1cc(=O)n(C(CC(C)C)C(N)=O)cc1F. The van der Waals surface area contributed by atoms with Gasteiger partial charge in [0.25, 0.3) is 5.56 Å². The van der Waals surface area contributed by atoms with E-state index in [0.717, 1.165) is 10.8 Å². The molecule has 1 aromatic heterocycles. The molecule has 1 unspecified atom stereocenters. The van der Waals surface area contributed by atoms with Crippen LogP contribution in [0, 0.1) is 18.7 Å². The zero-order valence-corrected chi connectivity index (χ0v) is 10.2. The first-order valence-electron chi connectivity index (χ1n) is 5.50. The molecule has 0 bridgehead atoms. The lowest BCUT2D eigenvalue weighted by atomic mass is 10.0. The van der Waals surface area contributed by atoms with E-state index in [4.69, 9.17) is 5.73 Å². The molecule has 0 aromatic carbocycles. The van der Waals surface area contributed by atoms with Gasteiger partial charge in [-0.15, -0.1) is 0 Å². The first-order chi connectivity index (χ1) is 7.82. The molecular weight excluding hydrogens is 223 g/mol. The summed E-state index contributed by atoms with van der Waals surface area (Å²) in [6.07, 6.45) is 1.47. The quantitative estimate of drug-likeness (QED) is 0.863. The number of hydrogen-bond acceptors (Lipinski definition) is 2. The number of carbonyl (C=O) groups is 1. The van der Waals surface area contributed by atoms with Crippen LogP contribution in [0.3, 0.4) is 0 Å². The van der Waals surface area contributed by atoms with Crippen molar-refractivity contribution in [1.29, 1.82) is 0 Å². The van der Waals surface area contributed by atoms with Gasteiger partial charge in [-0.05, 0) is 24.8 Å². The molecule has 17 heavy (non-hydrogen) atoms. The Morgan fingerprint density at radius 3 is 2.59 bits per heavy atom. The maximum absolute atomic E-state index is 13.4. The number of pyridine rings is 1. The van der Waals surface area contributed by atoms with Crippen molar-refractivity contribution >= 4 is 5.91 Å². The third-order valence-corrected chi connectivity index (χ3v) is 2.58. The number of amides is 1. The molecule has 0 spiro atoms. The largest absolute Gasteiger partial charge is 0.368 e. The minimum absolute atomic E-state index is 0.184. The fraction of sp³-hybridized carbons (Fsp3) is 0.500. The maximum Gasteiger partial charge on any atom is 0.251 e. The van der Waals surface area contributed by atoms with E-state index in [9.17, 15) is 14.0 Å². The summed E-state index contributed by atoms with van der Waals surface area (Å²) >= 11 is 0. The minimum atomic E-state index is -0.794. The number of nitrogens with zero attached hydrogens (tertiary/aromatic N) is 1. The van der Waals surface area contributed by atoms with Crippen LogP contribution in [-0.4, -0.2) is 10.5 Å². The van der Waals surface area contributed by atoms with Gasteiger partial charge in [0.15, 0.2) is 0 Å². The summed E-state index contributed by atoms with van der Waals surface area (Å²) in [5.41, 5.74) is 5.11. The zero-order valence-electron chi connectivity index (χ0n) is 10.2. The van der Waals surface area contributed by atoms with E-state index in [-0.39, 0.29) is 11.5 Å². The first-order valence-corrected chi connectivity index (χ1v) is 5.50. The van der Waals surface area contributed by atoms with Crippen LogP contribution in [0.5, 0.6) is 0 Å². The minimum Gasteiger partial charge on any atom is -0.368 e. The molecule has 5 heteroatoms. The van der Waals surface area contributed by atoms with Crippen molar-refractivity contribution in [3.63, 3.8) is 0 Å². The molecule has 0 saturated carbocycles. The number of aryl methyl sites for hydroxylation is 1. The topological polar surface area (TPSA) is 65.1 Å². The van der Waals surface area contributed by atoms with Gasteiger partial charge < -0.3 is 10.3 Å². The van der Waals surface area contributed by atoms with Crippen molar-refractivity contribution < 1.29 is 9.18 Å².